The monoisotopic (exact) mass is 329 g/mol. The maximum Gasteiger partial charge on any atom is 0.137 e. The van der Waals surface area contributed by atoms with Crippen LogP contribution in [0, 0.1) is 5.92 Å². The molecule has 2 rings (SSSR count). The summed E-state index contributed by atoms with van der Waals surface area (Å²) in [7, 11) is 0. The highest BCUT2D eigenvalue weighted by Crippen LogP contribution is 2.25. The van der Waals surface area contributed by atoms with Crippen LogP contribution in [0.4, 0.5) is 5.82 Å². The molecule has 0 spiro atoms. The second kappa shape index (κ2) is 5.78. The standard InChI is InChI=1S/C13H20BrN3S/c1-13(2,3)12-16-10(14)6-11(17-12)15-7-9-4-5-18-8-9/h6,9H,4-5,7-8H2,1-3H3,(H,15,16,17). The molecule has 0 bridgehead atoms. The fraction of sp³-hybridized carbons (Fsp3) is 0.692. The Bertz CT molecular complexity index is 411. The van der Waals surface area contributed by atoms with Crippen LogP contribution in [0.25, 0.3) is 0 Å². The molecular formula is C13H20BrN3S. The fourth-order valence-corrected chi connectivity index (χ4v) is 3.51. The van der Waals surface area contributed by atoms with E-state index in [2.05, 4.69) is 52.0 Å². The van der Waals surface area contributed by atoms with E-state index in [0.29, 0.717) is 0 Å². The van der Waals surface area contributed by atoms with Crippen molar-refractivity contribution in [2.24, 2.45) is 5.92 Å². The molecule has 1 aromatic rings. The van der Waals surface area contributed by atoms with Gasteiger partial charge in [-0.2, -0.15) is 11.8 Å². The highest BCUT2D eigenvalue weighted by atomic mass is 79.9. The van der Waals surface area contributed by atoms with Gasteiger partial charge in [-0.15, -0.1) is 0 Å². The summed E-state index contributed by atoms with van der Waals surface area (Å²) in [6.07, 6.45) is 1.32. The summed E-state index contributed by atoms with van der Waals surface area (Å²) in [6, 6.07) is 1.96. The molecule has 18 heavy (non-hydrogen) atoms. The van der Waals surface area contributed by atoms with Gasteiger partial charge < -0.3 is 5.32 Å². The van der Waals surface area contributed by atoms with Crippen LogP contribution in [-0.2, 0) is 5.41 Å². The Morgan fingerprint density at radius 1 is 1.44 bits per heavy atom. The quantitative estimate of drug-likeness (QED) is 0.858. The first-order valence-electron chi connectivity index (χ1n) is 6.32. The van der Waals surface area contributed by atoms with Crippen LogP contribution in [-0.4, -0.2) is 28.0 Å². The van der Waals surface area contributed by atoms with E-state index in [9.17, 15) is 0 Å². The van der Waals surface area contributed by atoms with Crippen LogP contribution < -0.4 is 5.32 Å². The van der Waals surface area contributed by atoms with Crippen LogP contribution in [0.15, 0.2) is 10.7 Å². The first-order chi connectivity index (χ1) is 8.45. The van der Waals surface area contributed by atoms with Gasteiger partial charge in [0, 0.05) is 18.0 Å². The molecule has 0 aliphatic carbocycles. The second-order valence-electron chi connectivity index (χ2n) is 5.76. The van der Waals surface area contributed by atoms with Crippen molar-refractivity contribution >= 4 is 33.5 Å². The number of rotatable bonds is 3. The molecule has 100 valence electrons. The number of aromatic nitrogens is 2. The van der Waals surface area contributed by atoms with Gasteiger partial charge in [0.15, 0.2) is 0 Å². The molecule has 0 amide bonds. The zero-order valence-corrected chi connectivity index (χ0v) is 13.6. The third-order valence-electron chi connectivity index (χ3n) is 2.96. The number of thioether (sulfide) groups is 1. The van der Waals surface area contributed by atoms with Crippen molar-refractivity contribution in [3.63, 3.8) is 0 Å². The molecule has 1 aliphatic rings. The highest BCUT2D eigenvalue weighted by molar-refractivity contribution is 9.10. The molecule has 1 N–H and O–H groups in total. The van der Waals surface area contributed by atoms with Crippen molar-refractivity contribution in [1.29, 1.82) is 0 Å². The largest absolute Gasteiger partial charge is 0.370 e. The zero-order chi connectivity index (χ0) is 13.2. The van der Waals surface area contributed by atoms with Gasteiger partial charge in [-0.05, 0) is 39.8 Å². The van der Waals surface area contributed by atoms with Crippen molar-refractivity contribution < 1.29 is 0 Å². The van der Waals surface area contributed by atoms with Crippen LogP contribution in [0.3, 0.4) is 0 Å². The predicted octanol–water partition coefficient (Wildman–Crippen LogP) is 3.70. The average molecular weight is 330 g/mol. The Labute approximate surface area is 122 Å². The normalized spacial score (nSPS) is 20.1. The molecule has 5 heteroatoms. The maximum absolute atomic E-state index is 4.61. The third-order valence-corrected chi connectivity index (χ3v) is 4.60. The van der Waals surface area contributed by atoms with Gasteiger partial charge in [-0.25, -0.2) is 9.97 Å². The van der Waals surface area contributed by atoms with Crippen LogP contribution in [0.1, 0.15) is 33.0 Å². The van der Waals surface area contributed by atoms with E-state index < -0.39 is 0 Å². The van der Waals surface area contributed by atoms with Crippen molar-refractivity contribution in [2.45, 2.75) is 32.6 Å². The molecule has 1 fully saturated rings. The van der Waals surface area contributed by atoms with Crippen LogP contribution in [0.2, 0.25) is 0 Å². The molecule has 1 aromatic heterocycles. The summed E-state index contributed by atoms with van der Waals surface area (Å²) in [5.74, 6) is 5.15. The first kappa shape index (κ1) is 14.1. The Kier molecular flexibility index (Phi) is 4.54. The van der Waals surface area contributed by atoms with E-state index >= 15 is 0 Å². The van der Waals surface area contributed by atoms with E-state index in [1.165, 1.54) is 17.9 Å². The average Bonchev–Trinajstić information content (AvgIpc) is 2.77. The SMILES string of the molecule is CC(C)(C)c1nc(Br)cc(NCC2CCSC2)n1. The number of nitrogens with one attached hydrogen (secondary N) is 1. The molecule has 1 saturated heterocycles. The summed E-state index contributed by atoms with van der Waals surface area (Å²) >= 11 is 5.51. The minimum atomic E-state index is -0.0244. The molecule has 0 saturated carbocycles. The molecule has 0 aromatic carbocycles. The van der Waals surface area contributed by atoms with E-state index in [1.54, 1.807) is 0 Å². The Balaban J connectivity index is 2.05. The topological polar surface area (TPSA) is 37.8 Å². The number of hydrogen-bond acceptors (Lipinski definition) is 4. The molecule has 1 unspecified atom stereocenters. The van der Waals surface area contributed by atoms with Gasteiger partial charge in [-0.3, -0.25) is 0 Å². The van der Waals surface area contributed by atoms with Gasteiger partial charge in [0.1, 0.15) is 16.2 Å². The third kappa shape index (κ3) is 3.85. The van der Waals surface area contributed by atoms with Crippen LogP contribution >= 0.6 is 27.7 Å². The lowest BCUT2D eigenvalue weighted by atomic mass is 9.96. The minimum absolute atomic E-state index is 0.0244. The van der Waals surface area contributed by atoms with E-state index in [1.807, 2.05) is 17.8 Å². The Hall–Kier alpha value is -0.290. The molecule has 1 atom stereocenters. The Morgan fingerprint density at radius 3 is 2.83 bits per heavy atom. The number of anilines is 1. The molecular weight excluding hydrogens is 310 g/mol. The molecule has 3 nitrogen and oxygen atoms in total. The summed E-state index contributed by atoms with van der Waals surface area (Å²) in [4.78, 5) is 9.05. The van der Waals surface area contributed by atoms with Gasteiger partial charge in [0.05, 0.1) is 0 Å². The molecule has 0 radical (unpaired) electrons. The predicted molar refractivity (Wildman–Crippen MR) is 82.4 cm³/mol. The van der Waals surface area contributed by atoms with Crippen molar-refractivity contribution in [3.8, 4) is 0 Å². The van der Waals surface area contributed by atoms with Crippen molar-refractivity contribution in [2.75, 3.05) is 23.4 Å². The summed E-state index contributed by atoms with van der Waals surface area (Å²) in [5, 5.41) is 3.45. The first-order valence-corrected chi connectivity index (χ1v) is 8.26. The van der Waals surface area contributed by atoms with Gasteiger partial charge in [0.25, 0.3) is 0 Å². The number of nitrogens with zero attached hydrogens (tertiary/aromatic N) is 2. The van der Waals surface area contributed by atoms with Crippen molar-refractivity contribution in [1.82, 2.24) is 9.97 Å². The summed E-state index contributed by atoms with van der Waals surface area (Å²) < 4.78 is 0.853. The summed E-state index contributed by atoms with van der Waals surface area (Å²) in [5.41, 5.74) is -0.0244. The van der Waals surface area contributed by atoms with Crippen LogP contribution in [0.5, 0.6) is 0 Å². The van der Waals surface area contributed by atoms with Gasteiger partial charge in [-0.1, -0.05) is 20.8 Å². The molecule has 2 heterocycles. The molecule has 1 aliphatic heterocycles. The van der Waals surface area contributed by atoms with Crippen molar-refractivity contribution in [3.05, 3.63) is 16.5 Å². The van der Waals surface area contributed by atoms with E-state index in [0.717, 1.165) is 28.7 Å². The maximum atomic E-state index is 4.61. The lowest BCUT2D eigenvalue weighted by Gasteiger charge is -2.18. The smallest absolute Gasteiger partial charge is 0.137 e. The zero-order valence-electron chi connectivity index (χ0n) is 11.2. The fourth-order valence-electron chi connectivity index (χ4n) is 1.84. The minimum Gasteiger partial charge on any atom is -0.370 e. The number of hydrogen-bond donors (Lipinski definition) is 1. The van der Waals surface area contributed by atoms with Gasteiger partial charge in [0.2, 0.25) is 0 Å². The lowest BCUT2D eigenvalue weighted by Crippen LogP contribution is -2.19. The second-order valence-corrected chi connectivity index (χ2v) is 7.72. The lowest BCUT2D eigenvalue weighted by molar-refractivity contribution is 0.543. The van der Waals surface area contributed by atoms with Gasteiger partial charge >= 0.3 is 0 Å². The number of halogens is 1. The highest BCUT2D eigenvalue weighted by Gasteiger charge is 2.19. The Morgan fingerprint density at radius 2 is 2.22 bits per heavy atom. The van der Waals surface area contributed by atoms with E-state index in [4.69, 9.17) is 0 Å². The summed E-state index contributed by atoms with van der Waals surface area (Å²) in [6.45, 7) is 7.41. The van der Waals surface area contributed by atoms with E-state index in [-0.39, 0.29) is 5.41 Å².